The highest BCUT2D eigenvalue weighted by Crippen LogP contribution is 2.26. The average Bonchev–Trinajstić information content (AvgIpc) is 3.23. The number of amides is 1. The number of hydrogen-bond acceptors (Lipinski definition) is 2. The van der Waals surface area contributed by atoms with Crippen molar-refractivity contribution in [3.8, 4) is 6.07 Å². The molecule has 0 aliphatic heterocycles. The molecule has 0 aliphatic rings. The van der Waals surface area contributed by atoms with Crippen molar-refractivity contribution in [1.82, 2.24) is 9.88 Å². The topological polar surface area (TPSA) is 57.8 Å². The van der Waals surface area contributed by atoms with Gasteiger partial charge in [0, 0.05) is 35.8 Å². The first-order chi connectivity index (χ1) is 16.7. The second kappa shape index (κ2) is 9.48. The van der Waals surface area contributed by atoms with Gasteiger partial charge in [0.05, 0.1) is 0 Å². The first kappa shape index (κ1) is 21.2. The summed E-state index contributed by atoms with van der Waals surface area (Å²) in [5, 5.41) is 16.0. The number of para-hydroxylation sites is 1. The summed E-state index contributed by atoms with van der Waals surface area (Å²) in [6.07, 6.45) is 3.70. The van der Waals surface area contributed by atoms with Crippen molar-refractivity contribution in [3.05, 3.63) is 126 Å². The summed E-state index contributed by atoms with van der Waals surface area (Å²) in [5.41, 5.74) is 4.20. The number of hydrogen-bond donors (Lipinski definition) is 1. The minimum atomic E-state index is -0.378. The van der Waals surface area contributed by atoms with Gasteiger partial charge < -0.3 is 9.88 Å². The Bertz CT molecular complexity index is 1550. The molecule has 0 radical (unpaired) electrons. The van der Waals surface area contributed by atoms with E-state index < -0.39 is 0 Å². The maximum absolute atomic E-state index is 12.7. The molecule has 34 heavy (non-hydrogen) atoms. The highest BCUT2D eigenvalue weighted by molar-refractivity contribution is 6.04. The zero-order valence-electron chi connectivity index (χ0n) is 18.6. The summed E-state index contributed by atoms with van der Waals surface area (Å²) in [7, 11) is 0. The van der Waals surface area contributed by atoms with E-state index in [0.717, 1.165) is 22.0 Å². The molecule has 0 aliphatic carbocycles. The van der Waals surface area contributed by atoms with Crippen LogP contribution in [0.4, 0.5) is 0 Å². The van der Waals surface area contributed by atoms with Gasteiger partial charge in [-0.1, -0.05) is 91.0 Å². The molecular formula is C30H23N3O. The third-order valence-corrected chi connectivity index (χ3v) is 6.00. The number of nitriles is 1. The van der Waals surface area contributed by atoms with Crippen LogP contribution in [0.2, 0.25) is 0 Å². The summed E-state index contributed by atoms with van der Waals surface area (Å²) < 4.78 is 2.18. The van der Waals surface area contributed by atoms with Gasteiger partial charge >= 0.3 is 0 Å². The summed E-state index contributed by atoms with van der Waals surface area (Å²) in [6.45, 7) is 1.07. The SMILES string of the molecule is N#C/C(=C/c1cn(Cc2cccc3ccccc23)c2ccccc12)C(=O)NCc1ccccc1. The van der Waals surface area contributed by atoms with E-state index in [9.17, 15) is 10.1 Å². The fraction of sp³-hybridized carbons (Fsp3) is 0.0667. The number of nitrogens with one attached hydrogen (secondary N) is 1. The summed E-state index contributed by atoms with van der Waals surface area (Å²) in [5.74, 6) is -0.378. The van der Waals surface area contributed by atoms with Crippen molar-refractivity contribution in [2.24, 2.45) is 0 Å². The van der Waals surface area contributed by atoms with Crippen LogP contribution in [-0.2, 0) is 17.9 Å². The molecule has 1 aromatic heterocycles. The number of benzene rings is 4. The summed E-state index contributed by atoms with van der Waals surface area (Å²) in [6, 6.07) is 34.5. The quantitative estimate of drug-likeness (QED) is 0.257. The number of aromatic nitrogens is 1. The van der Waals surface area contributed by atoms with E-state index >= 15 is 0 Å². The molecule has 5 aromatic rings. The Kier molecular flexibility index (Phi) is 5.92. The molecule has 5 rings (SSSR count). The Balaban J connectivity index is 1.47. The number of rotatable bonds is 6. The van der Waals surface area contributed by atoms with E-state index in [4.69, 9.17) is 0 Å². The number of carbonyl (C=O) groups is 1. The standard InChI is InChI=1S/C30H23N3O/c31-18-25(30(34)32-19-22-9-2-1-3-10-22)17-26-21-33(29-16-7-6-15-28(26)29)20-24-13-8-12-23-11-4-5-14-27(23)24/h1-17,21H,19-20H2,(H,32,34)/b25-17-. The largest absolute Gasteiger partial charge is 0.347 e. The molecule has 0 bridgehead atoms. The number of fused-ring (bicyclic) bond motifs is 2. The predicted molar refractivity (Wildman–Crippen MR) is 137 cm³/mol. The minimum Gasteiger partial charge on any atom is -0.347 e. The van der Waals surface area contributed by atoms with Crippen molar-refractivity contribution in [2.75, 3.05) is 0 Å². The smallest absolute Gasteiger partial charge is 0.262 e. The van der Waals surface area contributed by atoms with Gasteiger partial charge in [-0.2, -0.15) is 5.26 Å². The summed E-state index contributed by atoms with van der Waals surface area (Å²) >= 11 is 0. The van der Waals surface area contributed by atoms with Crippen LogP contribution in [0.15, 0.2) is 109 Å². The van der Waals surface area contributed by atoms with Gasteiger partial charge in [0.2, 0.25) is 0 Å². The van der Waals surface area contributed by atoms with Crippen LogP contribution < -0.4 is 5.32 Å². The van der Waals surface area contributed by atoms with Crippen molar-refractivity contribution in [1.29, 1.82) is 5.26 Å². The lowest BCUT2D eigenvalue weighted by Crippen LogP contribution is -2.23. The van der Waals surface area contributed by atoms with Gasteiger partial charge in [0.1, 0.15) is 11.6 Å². The van der Waals surface area contributed by atoms with Crippen LogP contribution in [0.1, 0.15) is 16.7 Å². The second-order valence-electron chi connectivity index (χ2n) is 8.21. The maximum Gasteiger partial charge on any atom is 0.262 e. The molecule has 164 valence electrons. The molecule has 1 amide bonds. The molecule has 1 heterocycles. The Labute approximate surface area is 198 Å². The normalized spacial score (nSPS) is 11.4. The Hall–Kier alpha value is -4.62. The molecule has 4 aromatic carbocycles. The molecule has 1 N–H and O–H groups in total. The highest BCUT2D eigenvalue weighted by atomic mass is 16.1. The Morgan fingerprint density at radius 2 is 1.56 bits per heavy atom. The Morgan fingerprint density at radius 3 is 2.38 bits per heavy atom. The van der Waals surface area contributed by atoms with Crippen LogP contribution in [-0.4, -0.2) is 10.5 Å². The van der Waals surface area contributed by atoms with Gasteiger partial charge in [0.15, 0.2) is 0 Å². The van der Waals surface area contributed by atoms with Crippen LogP contribution in [0.3, 0.4) is 0 Å². The van der Waals surface area contributed by atoms with Crippen LogP contribution in [0.5, 0.6) is 0 Å². The fourth-order valence-corrected chi connectivity index (χ4v) is 4.31. The lowest BCUT2D eigenvalue weighted by molar-refractivity contribution is -0.117. The molecule has 0 saturated heterocycles. The lowest BCUT2D eigenvalue weighted by atomic mass is 10.0. The van der Waals surface area contributed by atoms with E-state index in [-0.39, 0.29) is 11.5 Å². The molecule has 0 spiro atoms. The average molecular weight is 442 g/mol. The number of nitrogens with zero attached hydrogens (tertiary/aromatic N) is 2. The molecule has 4 nitrogen and oxygen atoms in total. The zero-order valence-corrected chi connectivity index (χ0v) is 18.6. The number of carbonyl (C=O) groups excluding carboxylic acids is 1. The maximum atomic E-state index is 12.7. The molecular weight excluding hydrogens is 418 g/mol. The third-order valence-electron chi connectivity index (χ3n) is 6.00. The van der Waals surface area contributed by atoms with Crippen molar-refractivity contribution >= 4 is 33.7 Å². The highest BCUT2D eigenvalue weighted by Gasteiger charge is 2.13. The second-order valence-corrected chi connectivity index (χ2v) is 8.21. The monoisotopic (exact) mass is 441 g/mol. The van der Waals surface area contributed by atoms with E-state index in [1.54, 1.807) is 6.08 Å². The van der Waals surface area contributed by atoms with E-state index in [1.807, 2.05) is 60.8 Å². The first-order valence-electron chi connectivity index (χ1n) is 11.2. The van der Waals surface area contributed by atoms with Crippen LogP contribution >= 0.6 is 0 Å². The zero-order chi connectivity index (χ0) is 23.3. The minimum absolute atomic E-state index is 0.0870. The van der Waals surface area contributed by atoms with E-state index in [2.05, 4.69) is 58.4 Å². The van der Waals surface area contributed by atoms with E-state index in [0.29, 0.717) is 13.1 Å². The van der Waals surface area contributed by atoms with Gasteiger partial charge in [-0.3, -0.25) is 4.79 Å². The molecule has 0 saturated carbocycles. The van der Waals surface area contributed by atoms with Crippen molar-refractivity contribution in [3.63, 3.8) is 0 Å². The molecule has 4 heteroatoms. The molecule has 0 unspecified atom stereocenters. The van der Waals surface area contributed by atoms with E-state index in [1.165, 1.54) is 16.3 Å². The third kappa shape index (κ3) is 4.32. The van der Waals surface area contributed by atoms with Crippen LogP contribution in [0.25, 0.3) is 27.8 Å². The molecule has 0 atom stereocenters. The first-order valence-corrected chi connectivity index (χ1v) is 11.2. The van der Waals surface area contributed by atoms with Gasteiger partial charge in [-0.05, 0) is 34.0 Å². The molecule has 0 fully saturated rings. The van der Waals surface area contributed by atoms with Gasteiger partial charge in [0.25, 0.3) is 5.91 Å². The Morgan fingerprint density at radius 1 is 0.853 bits per heavy atom. The van der Waals surface area contributed by atoms with Gasteiger partial charge in [-0.25, -0.2) is 0 Å². The lowest BCUT2D eigenvalue weighted by Gasteiger charge is -2.09. The summed E-state index contributed by atoms with van der Waals surface area (Å²) in [4.78, 5) is 12.7. The van der Waals surface area contributed by atoms with Crippen molar-refractivity contribution < 1.29 is 4.79 Å². The van der Waals surface area contributed by atoms with Gasteiger partial charge in [-0.15, -0.1) is 0 Å². The fourth-order valence-electron chi connectivity index (χ4n) is 4.31. The van der Waals surface area contributed by atoms with Crippen LogP contribution in [0, 0.1) is 11.3 Å². The van der Waals surface area contributed by atoms with Crippen molar-refractivity contribution in [2.45, 2.75) is 13.1 Å². The predicted octanol–water partition coefficient (Wildman–Crippen LogP) is 6.07.